The molecule has 0 atom stereocenters. The molecule has 0 spiro atoms. The van der Waals surface area contributed by atoms with E-state index in [1.54, 1.807) is 7.11 Å². The highest BCUT2D eigenvalue weighted by molar-refractivity contribution is 6.31. The highest BCUT2D eigenvalue weighted by Gasteiger charge is 2.04. The number of halogens is 1. The van der Waals surface area contributed by atoms with Gasteiger partial charge in [-0.3, -0.25) is 0 Å². The van der Waals surface area contributed by atoms with Crippen LogP contribution >= 0.6 is 11.6 Å². The Bertz CT molecular complexity index is 570. The highest BCUT2D eigenvalue weighted by Crippen LogP contribution is 2.27. The second-order valence-electron chi connectivity index (χ2n) is 4.71. The molecule has 2 aromatic rings. The van der Waals surface area contributed by atoms with Crippen LogP contribution in [0.1, 0.15) is 18.9 Å². The first-order valence-corrected chi connectivity index (χ1v) is 7.41. The Balaban J connectivity index is 2.01. The fraction of sp³-hybridized carbons (Fsp3) is 0.294. The van der Waals surface area contributed by atoms with Crippen molar-refractivity contribution in [3.63, 3.8) is 0 Å². The lowest BCUT2D eigenvalue weighted by molar-refractivity contribution is 0.413. The molecule has 4 heteroatoms. The van der Waals surface area contributed by atoms with Crippen molar-refractivity contribution < 1.29 is 9.47 Å². The molecule has 21 heavy (non-hydrogen) atoms. The summed E-state index contributed by atoms with van der Waals surface area (Å²) < 4.78 is 10.9. The van der Waals surface area contributed by atoms with Gasteiger partial charge in [0, 0.05) is 11.6 Å². The molecule has 0 saturated heterocycles. The van der Waals surface area contributed by atoms with Crippen molar-refractivity contribution in [1.29, 1.82) is 0 Å². The molecule has 0 aliphatic heterocycles. The summed E-state index contributed by atoms with van der Waals surface area (Å²) in [6, 6.07) is 13.2. The molecular weight excluding hydrogens is 286 g/mol. The summed E-state index contributed by atoms with van der Waals surface area (Å²) >= 11 is 6.28. The van der Waals surface area contributed by atoms with Crippen molar-refractivity contribution in [2.75, 3.05) is 13.7 Å². The van der Waals surface area contributed by atoms with Crippen LogP contribution < -0.4 is 14.8 Å². The number of methoxy groups -OCH3 is 1. The number of benzene rings is 2. The molecule has 0 saturated carbocycles. The molecule has 0 aliphatic carbocycles. The van der Waals surface area contributed by atoms with Gasteiger partial charge in [-0.05, 0) is 54.9 Å². The minimum Gasteiger partial charge on any atom is -0.497 e. The monoisotopic (exact) mass is 305 g/mol. The van der Waals surface area contributed by atoms with Crippen molar-refractivity contribution in [3.05, 3.63) is 53.1 Å². The Kier molecular flexibility index (Phi) is 5.90. The molecule has 1 N–H and O–H groups in total. The lowest BCUT2D eigenvalue weighted by Gasteiger charge is -2.10. The minimum absolute atomic E-state index is 0.713. The van der Waals surface area contributed by atoms with Crippen LogP contribution in [0.5, 0.6) is 17.2 Å². The fourth-order valence-corrected chi connectivity index (χ4v) is 2.15. The van der Waals surface area contributed by atoms with Gasteiger partial charge in [0.15, 0.2) is 0 Å². The van der Waals surface area contributed by atoms with E-state index < -0.39 is 0 Å². The third kappa shape index (κ3) is 4.66. The average Bonchev–Trinajstić information content (AvgIpc) is 2.50. The predicted octanol–water partition coefficient (Wildman–Crippen LogP) is 4.64. The molecule has 0 fully saturated rings. The van der Waals surface area contributed by atoms with Crippen LogP contribution in [0.3, 0.4) is 0 Å². The van der Waals surface area contributed by atoms with Crippen LogP contribution in [0, 0.1) is 0 Å². The van der Waals surface area contributed by atoms with E-state index in [0.29, 0.717) is 5.02 Å². The molecule has 0 aromatic heterocycles. The van der Waals surface area contributed by atoms with Crippen LogP contribution in [0.25, 0.3) is 0 Å². The van der Waals surface area contributed by atoms with Gasteiger partial charge < -0.3 is 14.8 Å². The molecule has 3 nitrogen and oxygen atoms in total. The average molecular weight is 306 g/mol. The van der Waals surface area contributed by atoms with Crippen molar-refractivity contribution >= 4 is 11.6 Å². The summed E-state index contributed by atoms with van der Waals surface area (Å²) in [5.41, 5.74) is 1.08. The van der Waals surface area contributed by atoms with E-state index in [1.165, 1.54) is 0 Å². The molecular formula is C17H20ClNO2. The number of hydrogen-bond acceptors (Lipinski definition) is 3. The predicted molar refractivity (Wildman–Crippen MR) is 86.5 cm³/mol. The van der Waals surface area contributed by atoms with Crippen LogP contribution in [0.15, 0.2) is 42.5 Å². The van der Waals surface area contributed by atoms with Gasteiger partial charge in [-0.25, -0.2) is 0 Å². The zero-order valence-electron chi connectivity index (χ0n) is 12.4. The zero-order valence-corrected chi connectivity index (χ0v) is 13.1. The summed E-state index contributed by atoms with van der Waals surface area (Å²) in [5.74, 6) is 2.28. The summed E-state index contributed by atoms with van der Waals surface area (Å²) in [7, 11) is 1.64. The lowest BCUT2D eigenvalue weighted by atomic mass is 10.2. The maximum absolute atomic E-state index is 6.28. The van der Waals surface area contributed by atoms with Crippen molar-refractivity contribution in [3.8, 4) is 17.2 Å². The molecule has 112 valence electrons. The van der Waals surface area contributed by atoms with Crippen molar-refractivity contribution in [2.45, 2.75) is 19.9 Å². The fourth-order valence-electron chi connectivity index (χ4n) is 1.91. The van der Waals surface area contributed by atoms with Crippen LogP contribution in [0.4, 0.5) is 0 Å². The third-order valence-corrected chi connectivity index (χ3v) is 3.41. The van der Waals surface area contributed by atoms with E-state index in [-0.39, 0.29) is 0 Å². The standard InChI is InChI=1S/C17H20ClNO2/c1-3-10-19-12-13-4-5-16(11-17(13)18)21-15-8-6-14(20-2)7-9-15/h4-9,11,19H,3,10,12H2,1-2H3. The van der Waals surface area contributed by atoms with E-state index in [4.69, 9.17) is 21.1 Å². The molecule has 0 aliphatic rings. The molecule has 0 heterocycles. The SMILES string of the molecule is CCCNCc1ccc(Oc2ccc(OC)cc2)cc1Cl. The van der Waals surface area contributed by atoms with Gasteiger partial charge in [0.25, 0.3) is 0 Å². The van der Waals surface area contributed by atoms with Gasteiger partial charge in [0.2, 0.25) is 0 Å². The Morgan fingerprint density at radius 2 is 1.67 bits per heavy atom. The summed E-state index contributed by atoms with van der Waals surface area (Å²) in [5, 5.41) is 4.05. The lowest BCUT2D eigenvalue weighted by Crippen LogP contribution is -2.13. The smallest absolute Gasteiger partial charge is 0.128 e. The summed E-state index contributed by atoms with van der Waals surface area (Å²) in [6.45, 7) is 3.90. The van der Waals surface area contributed by atoms with Gasteiger partial charge in [-0.1, -0.05) is 24.6 Å². The van der Waals surface area contributed by atoms with E-state index >= 15 is 0 Å². The molecule has 2 aromatic carbocycles. The normalized spacial score (nSPS) is 10.4. The number of ether oxygens (including phenoxy) is 2. The molecule has 2 rings (SSSR count). The second kappa shape index (κ2) is 7.91. The van der Waals surface area contributed by atoms with Gasteiger partial charge in [0.1, 0.15) is 17.2 Å². The van der Waals surface area contributed by atoms with Crippen LogP contribution in [-0.2, 0) is 6.54 Å². The first-order valence-electron chi connectivity index (χ1n) is 7.04. The topological polar surface area (TPSA) is 30.5 Å². The van der Waals surface area contributed by atoms with Crippen LogP contribution in [-0.4, -0.2) is 13.7 Å². The first-order chi connectivity index (χ1) is 10.2. The Labute approximate surface area is 130 Å². The first kappa shape index (κ1) is 15.7. The highest BCUT2D eigenvalue weighted by atomic mass is 35.5. The number of hydrogen-bond donors (Lipinski definition) is 1. The Morgan fingerprint density at radius 1 is 1.00 bits per heavy atom. The van der Waals surface area contributed by atoms with E-state index in [2.05, 4.69) is 12.2 Å². The second-order valence-corrected chi connectivity index (χ2v) is 5.11. The quantitative estimate of drug-likeness (QED) is 0.756. The summed E-state index contributed by atoms with van der Waals surface area (Å²) in [6.07, 6.45) is 1.11. The molecule has 0 bridgehead atoms. The largest absolute Gasteiger partial charge is 0.497 e. The Hall–Kier alpha value is -1.71. The number of rotatable bonds is 7. The van der Waals surface area contributed by atoms with Gasteiger partial charge in [0.05, 0.1) is 7.11 Å². The minimum atomic E-state index is 0.713. The Morgan fingerprint density at radius 3 is 2.29 bits per heavy atom. The maximum atomic E-state index is 6.28. The third-order valence-electron chi connectivity index (χ3n) is 3.06. The molecule has 0 unspecified atom stereocenters. The van der Waals surface area contributed by atoms with Gasteiger partial charge in [-0.2, -0.15) is 0 Å². The maximum Gasteiger partial charge on any atom is 0.128 e. The molecule has 0 radical (unpaired) electrons. The van der Waals surface area contributed by atoms with Gasteiger partial charge >= 0.3 is 0 Å². The summed E-state index contributed by atoms with van der Waals surface area (Å²) in [4.78, 5) is 0. The van der Waals surface area contributed by atoms with Gasteiger partial charge in [-0.15, -0.1) is 0 Å². The van der Waals surface area contributed by atoms with E-state index in [9.17, 15) is 0 Å². The van der Waals surface area contributed by atoms with E-state index in [0.717, 1.165) is 42.3 Å². The van der Waals surface area contributed by atoms with Crippen molar-refractivity contribution in [2.24, 2.45) is 0 Å². The van der Waals surface area contributed by atoms with Crippen LogP contribution in [0.2, 0.25) is 5.02 Å². The van der Waals surface area contributed by atoms with Crippen molar-refractivity contribution in [1.82, 2.24) is 5.32 Å². The zero-order chi connectivity index (χ0) is 15.1. The number of nitrogens with one attached hydrogen (secondary N) is 1. The molecule has 0 amide bonds. The van der Waals surface area contributed by atoms with E-state index in [1.807, 2.05) is 42.5 Å².